The molecule has 1 heterocycles. The maximum atomic E-state index is 14.3. The summed E-state index contributed by atoms with van der Waals surface area (Å²) in [6, 6.07) is 4.31. The van der Waals surface area contributed by atoms with Crippen molar-refractivity contribution in [1.29, 1.82) is 0 Å². The lowest BCUT2D eigenvalue weighted by Gasteiger charge is -2.41. The first-order valence-corrected chi connectivity index (χ1v) is 6.85. The van der Waals surface area contributed by atoms with Crippen LogP contribution in [0, 0.1) is 11.7 Å². The summed E-state index contributed by atoms with van der Waals surface area (Å²) < 4.78 is 34.0. The number of amides is 1. The van der Waals surface area contributed by atoms with Crippen LogP contribution in [0.1, 0.15) is 18.4 Å². The number of halogens is 3. The van der Waals surface area contributed by atoms with E-state index in [4.69, 9.17) is 4.74 Å². The second kappa shape index (κ2) is 4.52. The number of carbonyl (C=O) groups is 1. The van der Waals surface area contributed by atoms with Gasteiger partial charge >= 0.3 is 0 Å². The van der Waals surface area contributed by atoms with Gasteiger partial charge in [0, 0.05) is 10.0 Å². The quantitative estimate of drug-likeness (QED) is 0.904. The van der Waals surface area contributed by atoms with E-state index in [1.165, 1.54) is 18.2 Å². The molecule has 0 spiro atoms. The van der Waals surface area contributed by atoms with Gasteiger partial charge in [0.25, 0.3) is 0 Å². The fraction of sp³-hybridized carbons (Fsp3) is 0.462. The van der Waals surface area contributed by atoms with Gasteiger partial charge in [-0.05, 0) is 37.0 Å². The molecule has 3 rings (SSSR count). The Morgan fingerprint density at radius 1 is 1.42 bits per heavy atom. The van der Waals surface area contributed by atoms with E-state index in [-0.39, 0.29) is 18.1 Å². The van der Waals surface area contributed by atoms with Crippen molar-refractivity contribution in [3.8, 4) is 0 Å². The first kappa shape index (κ1) is 13.0. The third-order valence-electron chi connectivity index (χ3n) is 3.66. The molecule has 2 atom stereocenters. The van der Waals surface area contributed by atoms with E-state index in [9.17, 15) is 13.6 Å². The van der Waals surface area contributed by atoms with E-state index in [2.05, 4.69) is 21.2 Å². The number of morpholine rings is 1. The van der Waals surface area contributed by atoms with Crippen molar-refractivity contribution >= 4 is 21.8 Å². The highest BCUT2D eigenvalue weighted by atomic mass is 79.9. The number of benzene rings is 1. The molecular weight excluding hydrogens is 320 g/mol. The maximum absolute atomic E-state index is 14.3. The van der Waals surface area contributed by atoms with Gasteiger partial charge in [-0.25, -0.2) is 8.78 Å². The molecule has 1 aliphatic heterocycles. The molecule has 2 fully saturated rings. The van der Waals surface area contributed by atoms with E-state index < -0.39 is 23.6 Å². The third kappa shape index (κ3) is 2.07. The van der Waals surface area contributed by atoms with Crippen LogP contribution in [0.2, 0.25) is 0 Å². The van der Waals surface area contributed by atoms with Crippen LogP contribution in [-0.2, 0) is 15.1 Å². The van der Waals surface area contributed by atoms with Crippen LogP contribution in [0.15, 0.2) is 22.7 Å². The normalized spacial score (nSPS) is 31.1. The van der Waals surface area contributed by atoms with Gasteiger partial charge < -0.3 is 10.1 Å². The average Bonchev–Trinajstić information content (AvgIpc) is 3.20. The zero-order valence-corrected chi connectivity index (χ0v) is 11.5. The number of hydrogen-bond donors (Lipinski definition) is 1. The van der Waals surface area contributed by atoms with Crippen LogP contribution < -0.4 is 5.32 Å². The minimum atomic E-state index is -1.73. The molecule has 19 heavy (non-hydrogen) atoms. The molecular formula is C13H12BrF2NO2. The summed E-state index contributed by atoms with van der Waals surface area (Å²) in [5.41, 5.74) is -1.26. The van der Waals surface area contributed by atoms with Gasteiger partial charge in [-0.15, -0.1) is 0 Å². The average molecular weight is 332 g/mol. The number of rotatable bonds is 2. The molecule has 2 aliphatic rings. The molecule has 0 aromatic heterocycles. The van der Waals surface area contributed by atoms with E-state index in [1.807, 2.05) is 0 Å². The Kier molecular flexibility index (Phi) is 3.09. The lowest BCUT2D eigenvalue weighted by atomic mass is 9.83. The van der Waals surface area contributed by atoms with Gasteiger partial charge in [0.2, 0.25) is 12.3 Å². The second-order valence-electron chi connectivity index (χ2n) is 4.94. The minimum Gasteiger partial charge on any atom is -0.339 e. The van der Waals surface area contributed by atoms with E-state index in [1.54, 1.807) is 0 Å². The van der Waals surface area contributed by atoms with E-state index in [0.29, 0.717) is 4.47 Å². The van der Waals surface area contributed by atoms with Crippen molar-refractivity contribution in [1.82, 2.24) is 5.32 Å². The molecule has 1 aromatic carbocycles. The Balaban J connectivity index is 2.14. The van der Waals surface area contributed by atoms with E-state index in [0.717, 1.165) is 12.8 Å². The Labute approximate surface area is 117 Å². The maximum Gasteiger partial charge on any atom is 0.247 e. The van der Waals surface area contributed by atoms with Gasteiger partial charge in [0.1, 0.15) is 18.0 Å². The summed E-state index contributed by atoms with van der Waals surface area (Å²) in [7, 11) is 0. The van der Waals surface area contributed by atoms with Crippen molar-refractivity contribution in [3.05, 3.63) is 34.1 Å². The van der Waals surface area contributed by atoms with Gasteiger partial charge in [-0.1, -0.05) is 15.9 Å². The van der Waals surface area contributed by atoms with Gasteiger partial charge in [-0.2, -0.15) is 0 Å². The lowest BCUT2D eigenvalue weighted by molar-refractivity contribution is -0.168. The van der Waals surface area contributed by atoms with Gasteiger partial charge in [-0.3, -0.25) is 4.79 Å². The molecule has 6 heteroatoms. The highest BCUT2D eigenvalue weighted by molar-refractivity contribution is 9.10. The van der Waals surface area contributed by atoms with Crippen molar-refractivity contribution < 1.29 is 18.3 Å². The predicted molar refractivity (Wildman–Crippen MR) is 67.5 cm³/mol. The largest absolute Gasteiger partial charge is 0.339 e. The Morgan fingerprint density at radius 2 is 2.16 bits per heavy atom. The standard InChI is InChI=1S/C13H12BrF2NO2/c14-8-3-4-10(15)9(5-8)13(7-1-2-7)12(16)19-6-11(18)17-13/h3-5,7,12H,1-2,6H2,(H,17,18). The van der Waals surface area contributed by atoms with Crippen LogP contribution >= 0.6 is 15.9 Å². The van der Waals surface area contributed by atoms with Crippen molar-refractivity contribution in [2.45, 2.75) is 24.7 Å². The molecule has 102 valence electrons. The summed E-state index contributed by atoms with van der Waals surface area (Å²) in [6.07, 6.45) is -0.243. The SMILES string of the molecule is O=C1COC(F)C(c2cc(Br)ccc2F)(C2CC2)N1. The number of hydrogen-bond acceptors (Lipinski definition) is 2. The van der Waals surface area contributed by atoms with Crippen LogP contribution in [-0.4, -0.2) is 18.9 Å². The molecule has 3 nitrogen and oxygen atoms in total. The molecule has 1 aliphatic carbocycles. The summed E-state index contributed by atoms with van der Waals surface area (Å²) in [5.74, 6) is -1.08. The Morgan fingerprint density at radius 3 is 2.84 bits per heavy atom. The third-order valence-corrected chi connectivity index (χ3v) is 4.15. The highest BCUT2D eigenvalue weighted by Crippen LogP contribution is 2.50. The van der Waals surface area contributed by atoms with Crippen LogP contribution in [0.25, 0.3) is 0 Å². The van der Waals surface area contributed by atoms with Crippen LogP contribution in [0.3, 0.4) is 0 Å². The topological polar surface area (TPSA) is 38.3 Å². The molecule has 0 radical (unpaired) electrons. The second-order valence-corrected chi connectivity index (χ2v) is 5.86. The molecule has 1 saturated heterocycles. The highest BCUT2D eigenvalue weighted by Gasteiger charge is 2.57. The summed E-state index contributed by atoms with van der Waals surface area (Å²) in [5, 5.41) is 2.63. The fourth-order valence-electron chi connectivity index (χ4n) is 2.65. The first-order chi connectivity index (χ1) is 9.04. The first-order valence-electron chi connectivity index (χ1n) is 6.06. The number of alkyl halides is 1. The van der Waals surface area contributed by atoms with Crippen molar-refractivity contribution in [2.75, 3.05) is 6.61 Å². The monoisotopic (exact) mass is 331 g/mol. The number of carbonyl (C=O) groups excluding carboxylic acids is 1. The zero-order chi connectivity index (χ0) is 13.6. The van der Waals surface area contributed by atoms with E-state index >= 15 is 0 Å². The zero-order valence-electron chi connectivity index (χ0n) is 9.96. The van der Waals surface area contributed by atoms with Gasteiger partial charge in [0.15, 0.2) is 0 Å². The molecule has 1 saturated carbocycles. The van der Waals surface area contributed by atoms with Gasteiger partial charge in [0.05, 0.1) is 0 Å². The van der Waals surface area contributed by atoms with Crippen molar-refractivity contribution in [2.24, 2.45) is 5.92 Å². The Hall–Kier alpha value is -1.01. The number of ether oxygens (including phenoxy) is 1. The smallest absolute Gasteiger partial charge is 0.247 e. The molecule has 2 unspecified atom stereocenters. The molecule has 0 bridgehead atoms. The summed E-state index contributed by atoms with van der Waals surface area (Å²) >= 11 is 3.25. The number of nitrogens with one attached hydrogen (secondary N) is 1. The van der Waals surface area contributed by atoms with Crippen molar-refractivity contribution in [3.63, 3.8) is 0 Å². The molecule has 1 amide bonds. The predicted octanol–water partition coefficient (Wildman–Crippen LogP) is 2.64. The van der Waals surface area contributed by atoms with Crippen LogP contribution in [0.4, 0.5) is 8.78 Å². The Bertz CT molecular complexity index is 535. The summed E-state index contributed by atoms with van der Waals surface area (Å²) in [4.78, 5) is 11.6. The summed E-state index contributed by atoms with van der Waals surface area (Å²) in [6.45, 7) is -0.328. The molecule has 1 aromatic rings. The lowest BCUT2D eigenvalue weighted by Crippen LogP contribution is -2.60. The molecule has 1 N–H and O–H groups in total. The minimum absolute atomic E-state index is 0.129. The fourth-order valence-corrected chi connectivity index (χ4v) is 3.01. The van der Waals surface area contributed by atoms with Crippen LogP contribution in [0.5, 0.6) is 0 Å².